The molecule has 0 spiro atoms. The Morgan fingerprint density at radius 2 is 1.83 bits per heavy atom. The van der Waals surface area contributed by atoms with Crippen LogP contribution in [-0.2, 0) is 23.5 Å². The summed E-state index contributed by atoms with van der Waals surface area (Å²) in [4.78, 5) is 15.1. The first kappa shape index (κ1) is 21.1. The van der Waals surface area contributed by atoms with Crippen molar-refractivity contribution >= 4 is 15.9 Å². The molecule has 1 aliphatic carbocycles. The van der Waals surface area contributed by atoms with Gasteiger partial charge in [-0.15, -0.1) is 0 Å². The molecule has 2 heterocycles. The Morgan fingerprint density at radius 3 is 2.57 bits per heavy atom. The Hall–Kier alpha value is -2.12. The quantitative estimate of drug-likeness (QED) is 0.808. The Labute approximate surface area is 179 Å². The van der Waals surface area contributed by atoms with Gasteiger partial charge >= 0.3 is 0 Å². The molecule has 1 amide bonds. The molecule has 4 rings (SSSR count). The fourth-order valence-electron chi connectivity index (χ4n) is 4.65. The fraction of sp³-hybridized carbons (Fsp3) is 0.522. The topological polar surface area (TPSA) is 71.4 Å². The molecule has 1 aromatic heterocycles. The number of aryl methyl sites for hydroxylation is 1. The summed E-state index contributed by atoms with van der Waals surface area (Å²) in [6.07, 6.45) is 4.69. The minimum absolute atomic E-state index is 0.0861. The van der Waals surface area contributed by atoms with E-state index in [1.807, 2.05) is 23.1 Å². The van der Waals surface area contributed by atoms with Gasteiger partial charge in [-0.2, -0.15) is 0 Å². The lowest BCUT2D eigenvalue weighted by Gasteiger charge is -2.30. The summed E-state index contributed by atoms with van der Waals surface area (Å²) in [6, 6.07) is 9.34. The van der Waals surface area contributed by atoms with E-state index in [2.05, 4.69) is 17.7 Å². The Morgan fingerprint density at radius 1 is 1.13 bits per heavy atom. The van der Waals surface area contributed by atoms with Crippen LogP contribution in [0.4, 0.5) is 0 Å². The number of amides is 1. The second-order valence-corrected chi connectivity index (χ2v) is 10.5. The van der Waals surface area contributed by atoms with Gasteiger partial charge in [0.05, 0.1) is 0 Å². The number of nitrogens with zero attached hydrogens (tertiary/aromatic N) is 2. The highest BCUT2D eigenvalue weighted by Crippen LogP contribution is 2.32. The molecule has 30 heavy (non-hydrogen) atoms. The first-order chi connectivity index (χ1) is 14.3. The molecule has 0 saturated carbocycles. The average Bonchev–Trinajstić information content (AvgIpc) is 3.04. The molecule has 2 aromatic rings. The number of piperidine rings is 1. The summed E-state index contributed by atoms with van der Waals surface area (Å²) < 4.78 is 31.2. The second kappa shape index (κ2) is 8.19. The van der Waals surface area contributed by atoms with Gasteiger partial charge in [-0.05, 0) is 62.1 Å². The van der Waals surface area contributed by atoms with Crippen molar-refractivity contribution < 1.29 is 13.2 Å². The highest BCUT2D eigenvalue weighted by atomic mass is 32.2. The number of carbonyl (C=O) groups is 1. The summed E-state index contributed by atoms with van der Waals surface area (Å²) in [5, 5.41) is 0. The first-order valence-corrected chi connectivity index (χ1v) is 12.3. The van der Waals surface area contributed by atoms with Crippen LogP contribution in [0.15, 0.2) is 35.2 Å². The summed E-state index contributed by atoms with van der Waals surface area (Å²) in [5.74, 6) is 0.541. The normalized spacial score (nSPS) is 20.2. The zero-order valence-corrected chi connectivity index (χ0v) is 18.8. The van der Waals surface area contributed by atoms with Crippen LogP contribution in [0.3, 0.4) is 0 Å². The van der Waals surface area contributed by atoms with Crippen LogP contribution in [0.1, 0.15) is 66.0 Å². The smallest absolute Gasteiger partial charge is 0.270 e. The largest absolute Gasteiger partial charge is 0.343 e. The molecule has 1 N–H and O–H groups in total. The van der Waals surface area contributed by atoms with Gasteiger partial charge in [0, 0.05) is 31.9 Å². The van der Waals surface area contributed by atoms with Crippen LogP contribution in [-0.4, -0.2) is 36.9 Å². The fourth-order valence-corrected chi connectivity index (χ4v) is 6.19. The number of hydrogen-bond donors (Lipinski definition) is 1. The standard InChI is InChI=1S/C23H31N3O3S/c1-16-11-13-26(14-12-16)23(27)21-15-22(17(2)25(21)3)30(28,29)24-20-10-6-8-18-7-4-5-9-19(18)20/h4-5,7,9,15-16,20,24H,6,8,10-14H2,1-3H3/t20-/m1/s1. The van der Waals surface area contributed by atoms with Gasteiger partial charge in [-0.3, -0.25) is 4.79 Å². The summed E-state index contributed by atoms with van der Waals surface area (Å²) in [6.45, 7) is 5.42. The number of aromatic nitrogens is 1. The minimum atomic E-state index is -3.75. The molecular weight excluding hydrogens is 398 g/mol. The molecule has 0 unspecified atom stereocenters. The Balaban J connectivity index is 1.60. The molecule has 1 aromatic carbocycles. The second-order valence-electron chi connectivity index (χ2n) is 8.78. The molecule has 6 nitrogen and oxygen atoms in total. The number of hydrogen-bond acceptors (Lipinski definition) is 3. The SMILES string of the molecule is Cc1c(S(=O)(=O)N[C@@H]2CCCc3ccccc32)cc(C(=O)N2CCC(C)CC2)n1C. The van der Waals surface area contributed by atoms with Crippen molar-refractivity contribution in [3.05, 3.63) is 52.8 Å². The molecule has 1 fully saturated rings. The maximum Gasteiger partial charge on any atom is 0.270 e. The lowest BCUT2D eigenvalue weighted by Crippen LogP contribution is -2.38. The van der Waals surface area contributed by atoms with Crippen LogP contribution >= 0.6 is 0 Å². The van der Waals surface area contributed by atoms with Gasteiger partial charge in [0.2, 0.25) is 10.0 Å². The van der Waals surface area contributed by atoms with E-state index in [4.69, 9.17) is 0 Å². The van der Waals surface area contributed by atoms with E-state index in [0.717, 1.165) is 50.8 Å². The third-order valence-corrected chi connectivity index (χ3v) is 8.32. The van der Waals surface area contributed by atoms with Gasteiger partial charge in [0.1, 0.15) is 10.6 Å². The monoisotopic (exact) mass is 429 g/mol. The Kier molecular flexibility index (Phi) is 5.77. The third-order valence-electron chi connectivity index (χ3n) is 6.74. The van der Waals surface area contributed by atoms with Crippen LogP contribution in [0.2, 0.25) is 0 Å². The zero-order chi connectivity index (χ0) is 21.5. The predicted molar refractivity (Wildman–Crippen MR) is 117 cm³/mol. The van der Waals surface area contributed by atoms with Crippen LogP contribution in [0.5, 0.6) is 0 Å². The van der Waals surface area contributed by atoms with E-state index in [1.165, 1.54) is 5.56 Å². The van der Waals surface area contributed by atoms with Crippen molar-refractivity contribution in [1.82, 2.24) is 14.2 Å². The van der Waals surface area contributed by atoms with E-state index >= 15 is 0 Å². The highest BCUT2D eigenvalue weighted by Gasteiger charge is 2.31. The van der Waals surface area contributed by atoms with Gasteiger partial charge in [0.25, 0.3) is 5.91 Å². The maximum atomic E-state index is 13.3. The summed E-state index contributed by atoms with van der Waals surface area (Å²) in [5.41, 5.74) is 3.28. The van der Waals surface area contributed by atoms with Crippen molar-refractivity contribution in [1.29, 1.82) is 0 Å². The molecule has 7 heteroatoms. The summed E-state index contributed by atoms with van der Waals surface area (Å²) >= 11 is 0. The van der Waals surface area contributed by atoms with E-state index in [0.29, 0.717) is 17.3 Å². The Bertz CT molecular complexity index is 1050. The molecule has 1 saturated heterocycles. The molecule has 0 radical (unpaired) electrons. The van der Waals surface area contributed by atoms with Crippen LogP contribution in [0, 0.1) is 12.8 Å². The summed E-state index contributed by atoms with van der Waals surface area (Å²) in [7, 11) is -1.98. The van der Waals surface area contributed by atoms with Gasteiger partial charge in [-0.1, -0.05) is 31.2 Å². The molecule has 2 aliphatic rings. The van der Waals surface area contributed by atoms with E-state index in [1.54, 1.807) is 24.6 Å². The van der Waals surface area contributed by atoms with Crippen LogP contribution in [0.25, 0.3) is 0 Å². The number of sulfonamides is 1. The van der Waals surface area contributed by atoms with Crippen molar-refractivity contribution in [3.8, 4) is 0 Å². The lowest BCUT2D eigenvalue weighted by molar-refractivity contribution is 0.0687. The molecule has 162 valence electrons. The van der Waals surface area contributed by atoms with Gasteiger partial charge in [-0.25, -0.2) is 13.1 Å². The molecule has 1 atom stereocenters. The number of likely N-dealkylation sites (tertiary alicyclic amines) is 1. The molecular formula is C23H31N3O3S. The van der Waals surface area contributed by atoms with E-state index in [9.17, 15) is 13.2 Å². The third kappa shape index (κ3) is 3.93. The number of nitrogens with one attached hydrogen (secondary N) is 1. The maximum absolute atomic E-state index is 13.3. The number of benzene rings is 1. The van der Waals surface area contributed by atoms with Gasteiger partial charge in [0.15, 0.2) is 0 Å². The first-order valence-electron chi connectivity index (χ1n) is 10.8. The number of fused-ring (bicyclic) bond motifs is 1. The van der Waals surface area contributed by atoms with Crippen LogP contribution < -0.4 is 4.72 Å². The minimum Gasteiger partial charge on any atom is -0.343 e. The van der Waals surface area contributed by atoms with Crippen molar-refractivity contribution in [3.63, 3.8) is 0 Å². The predicted octanol–water partition coefficient (Wildman–Crippen LogP) is 3.56. The number of carbonyl (C=O) groups excluding carboxylic acids is 1. The molecule has 0 bridgehead atoms. The van der Waals surface area contributed by atoms with Crippen molar-refractivity contribution in [2.24, 2.45) is 13.0 Å². The highest BCUT2D eigenvalue weighted by molar-refractivity contribution is 7.89. The average molecular weight is 430 g/mol. The van der Waals surface area contributed by atoms with Crippen molar-refractivity contribution in [2.45, 2.75) is 56.9 Å². The zero-order valence-electron chi connectivity index (χ0n) is 18.0. The van der Waals surface area contributed by atoms with Gasteiger partial charge < -0.3 is 9.47 Å². The molecule has 1 aliphatic heterocycles. The number of rotatable bonds is 4. The lowest BCUT2D eigenvalue weighted by atomic mass is 9.88. The van der Waals surface area contributed by atoms with Crippen molar-refractivity contribution in [2.75, 3.05) is 13.1 Å². The van der Waals surface area contributed by atoms with E-state index in [-0.39, 0.29) is 16.8 Å². The van der Waals surface area contributed by atoms with E-state index < -0.39 is 10.0 Å².